The van der Waals surface area contributed by atoms with Crippen molar-refractivity contribution in [3.63, 3.8) is 0 Å². The van der Waals surface area contributed by atoms with Crippen LogP contribution < -0.4 is 20.7 Å². The molecule has 3 heterocycles. The number of nitrogens with one attached hydrogen (secondary N) is 3. The normalized spacial score (nSPS) is 11.1. The Morgan fingerprint density at radius 1 is 1.15 bits per heavy atom. The second-order valence-corrected chi connectivity index (χ2v) is 9.81. The summed E-state index contributed by atoms with van der Waals surface area (Å²) in [4.78, 5) is 31.7. The van der Waals surface area contributed by atoms with Gasteiger partial charge in [-0.05, 0) is 29.5 Å². The van der Waals surface area contributed by atoms with Crippen molar-refractivity contribution in [1.29, 1.82) is 0 Å². The van der Waals surface area contributed by atoms with Gasteiger partial charge in [0.15, 0.2) is 23.1 Å². The Bertz CT molecular complexity index is 1470. The number of carbonyl (C=O) groups is 2. The topological polar surface area (TPSA) is 152 Å². The van der Waals surface area contributed by atoms with Crippen LogP contribution in [0.15, 0.2) is 53.4 Å². The van der Waals surface area contributed by atoms with E-state index < -0.39 is 17.2 Å². The number of hydrogen-bond acceptors (Lipinski definition) is 9. The molecule has 3 N–H and O–H groups in total. The first-order chi connectivity index (χ1) is 18.5. The van der Waals surface area contributed by atoms with Gasteiger partial charge in [-0.25, -0.2) is 9.78 Å². The second-order valence-electron chi connectivity index (χ2n) is 9.81. The molecule has 0 unspecified atom stereocenters. The third-order valence-electron chi connectivity index (χ3n) is 5.38. The molecule has 0 spiro atoms. The number of carbonyl (C=O) groups excluding carboxylic acids is 2. The maximum absolute atomic E-state index is 13.1. The number of nitrogens with zero attached hydrogens (tertiary/aromatic N) is 6. The summed E-state index contributed by atoms with van der Waals surface area (Å²) in [7, 11) is 10.5. The molecule has 0 aliphatic carbocycles. The Morgan fingerprint density at radius 3 is 2.59 bits per heavy atom. The zero-order valence-electron chi connectivity index (χ0n) is 22.6. The number of hydrogen-bond donors (Lipinski definition) is 3. The molecule has 0 saturated heterocycles. The van der Waals surface area contributed by atoms with Gasteiger partial charge in [-0.2, -0.15) is 5.10 Å². The summed E-state index contributed by atoms with van der Waals surface area (Å²) < 4.78 is 12.6. The summed E-state index contributed by atoms with van der Waals surface area (Å²) in [5.74, 6) is 1.27. The van der Waals surface area contributed by atoms with E-state index in [1.807, 2.05) is 35.7 Å². The Hall–Kier alpha value is -4.75. The number of rotatable bonds is 9. The monoisotopic (exact) mass is 527 g/mol. The highest BCUT2D eigenvalue weighted by atomic mass is 16.5. The Balaban J connectivity index is 1.67. The third kappa shape index (κ3) is 6.77. The van der Waals surface area contributed by atoms with E-state index in [1.54, 1.807) is 49.6 Å². The van der Waals surface area contributed by atoms with Crippen LogP contribution in [0.1, 0.15) is 16.2 Å². The van der Waals surface area contributed by atoms with Gasteiger partial charge >= 0.3 is 6.03 Å². The maximum atomic E-state index is 13.1. The molecule has 0 aliphatic rings. The van der Waals surface area contributed by atoms with Crippen LogP contribution in [0.25, 0.3) is 11.4 Å². The number of amides is 3. The first-order valence-corrected chi connectivity index (χ1v) is 12.1. The molecular weight excluding hydrogens is 499 g/mol. The third-order valence-corrected chi connectivity index (χ3v) is 5.38. The van der Waals surface area contributed by atoms with E-state index in [2.05, 4.69) is 36.2 Å². The fourth-order valence-corrected chi connectivity index (χ4v) is 3.67. The van der Waals surface area contributed by atoms with E-state index in [9.17, 15) is 9.59 Å². The number of anilines is 3. The van der Waals surface area contributed by atoms with Crippen molar-refractivity contribution >= 4 is 52.7 Å². The lowest BCUT2D eigenvalue weighted by molar-refractivity contribution is 0.0947. The highest BCUT2D eigenvalue weighted by Gasteiger charge is 2.23. The summed E-state index contributed by atoms with van der Waals surface area (Å²) in [5.41, 5.74) is 1.53. The van der Waals surface area contributed by atoms with E-state index in [4.69, 9.17) is 9.15 Å². The van der Waals surface area contributed by atoms with Crippen molar-refractivity contribution < 1.29 is 18.7 Å². The number of aromatic nitrogens is 5. The zero-order chi connectivity index (χ0) is 28.2. The van der Waals surface area contributed by atoms with Gasteiger partial charge in [-0.3, -0.25) is 14.8 Å². The van der Waals surface area contributed by atoms with E-state index in [0.717, 1.165) is 0 Å². The average molecular weight is 527 g/mol. The summed E-state index contributed by atoms with van der Waals surface area (Å²) in [5, 5.41) is 20.9. The summed E-state index contributed by atoms with van der Waals surface area (Å²) in [6.45, 7) is 0.259. The van der Waals surface area contributed by atoms with Crippen LogP contribution in [0.3, 0.4) is 0 Å². The smallest absolute Gasteiger partial charge is 0.323 e. The van der Waals surface area contributed by atoms with Crippen LogP contribution in [0.2, 0.25) is 0 Å². The quantitative estimate of drug-likeness (QED) is 0.245. The van der Waals surface area contributed by atoms with Crippen molar-refractivity contribution in [1.82, 2.24) is 35.2 Å². The van der Waals surface area contributed by atoms with Crippen LogP contribution in [-0.4, -0.2) is 84.7 Å². The van der Waals surface area contributed by atoms with Gasteiger partial charge in [-0.15, -0.1) is 10.2 Å². The molecule has 0 radical (unpaired) electrons. The Morgan fingerprint density at radius 2 is 1.95 bits per heavy atom. The molecule has 0 saturated carbocycles. The number of furan rings is 1. The molecule has 13 nitrogen and oxygen atoms in total. The molecule has 1 aromatic carbocycles. The van der Waals surface area contributed by atoms with Crippen molar-refractivity contribution in [3.8, 4) is 17.1 Å². The van der Waals surface area contributed by atoms with E-state index >= 15 is 0 Å². The van der Waals surface area contributed by atoms with Crippen LogP contribution >= 0.6 is 0 Å². The number of urea groups is 1. The fraction of sp³-hybridized carbons (Fsp3) is 0.217. The lowest BCUT2D eigenvalue weighted by Gasteiger charge is -2.22. The summed E-state index contributed by atoms with van der Waals surface area (Å²) in [6, 6.07) is 10.1. The fourth-order valence-electron chi connectivity index (χ4n) is 3.67. The number of benzene rings is 1. The number of ether oxygens (including phenoxy) is 1. The minimum atomic E-state index is -0.514. The molecule has 16 heteroatoms. The highest BCUT2D eigenvalue weighted by molar-refractivity contribution is 6.60. The largest absolute Gasteiger partial charge is 0.494 e. The average Bonchev–Trinajstić information content (AvgIpc) is 3.54. The van der Waals surface area contributed by atoms with Crippen LogP contribution in [0, 0.1) is 0 Å². The summed E-state index contributed by atoms with van der Waals surface area (Å²) in [6.07, 6.45) is 3.13. The minimum absolute atomic E-state index is 0.0373. The Kier molecular flexibility index (Phi) is 7.93. The SMILES string of the molecule is BC(B)(B)NC(=O)c1nnc(NC(=O)N(C)Cc2ccco2)cc1Nc1cccc(-c2ncn(C)n2)c1OC. The maximum Gasteiger partial charge on any atom is 0.323 e. The number of para-hydroxylation sites is 1. The van der Waals surface area contributed by atoms with Gasteiger partial charge < -0.3 is 24.7 Å². The molecule has 3 amide bonds. The van der Waals surface area contributed by atoms with E-state index in [1.165, 1.54) is 18.1 Å². The van der Waals surface area contributed by atoms with Crippen LogP contribution in [0.4, 0.5) is 22.0 Å². The van der Waals surface area contributed by atoms with Crippen LogP contribution in [0.5, 0.6) is 5.75 Å². The van der Waals surface area contributed by atoms with Gasteiger partial charge in [0.25, 0.3) is 5.91 Å². The zero-order valence-corrected chi connectivity index (χ0v) is 22.6. The highest BCUT2D eigenvalue weighted by Crippen LogP contribution is 2.37. The minimum Gasteiger partial charge on any atom is -0.494 e. The predicted octanol–water partition coefficient (Wildman–Crippen LogP) is -0.478. The van der Waals surface area contributed by atoms with E-state index in [-0.39, 0.29) is 18.1 Å². The van der Waals surface area contributed by atoms with Crippen LogP contribution in [-0.2, 0) is 13.6 Å². The standard InChI is InChI=1S/C23H28B3N9O4/c1-34(11-13-6-5-9-39-13)22(37)29-17-10-16(18(32-31-17)21(36)30-23(24,25)26)28-15-8-4-7-14(19(15)38-3)20-27-12-35(2)33-20/h4-10,12H,11,24-26H2,1-3H3,(H,30,36)(H2,28,29,31,37). The molecule has 0 fully saturated rings. The molecule has 4 rings (SSSR count). The lowest BCUT2D eigenvalue weighted by Crippen LogP contribution is -2.50. The molecule has 0 atom stereocenters. The van der Waals surface area contributed by atoms with Gasteiger partial charge in [0.1, 0.15) is 35.6 Å². The number of methoxy groups -OCH3 is 1. The second kappa shape index (κ2) is 11.3. The molecule has 0 aliphatic heterocycles. The van der Waals surface area contributed by atoms with Gasteiger partial charge in [0.05, 0.1) is 36.9 Å². The first-order valence-electron chi connectivity index (χ1n) is 12.1. The van der Waals surface area contributed by atoms with Gasteiger partial charge in [0.2, 0.25) is 0 Å². The van der Waals surface area contributed by atoms with Gasteiger partial charge in [0, 0.05) is 20.2 Å². The van der Waals surface area contributed by atoms with Crippen molar-refractivity contribution in [2.45, 2.75) is 11.8 Å². The first kappa shape index (κ1) is 27.3. The van der Waals surface area contributed by atoms with Gasteiger partial charge in [-0.1, -0.05) is 6.07 Å². The molecule has 4 aromatic rings. The lowest BCUT2D eigenvalue weighted by atomic mass is 9.49. The van der Waals surface area contributed by atoms with Crippen molar-refractivity contribution in [2.24, 2.45) is 7.05 Å². The van der Waals surface area contributed by atoms with E-state index in [0.29, 0.717) is 34.3 Å². The molecule has 198 valence electrons. The molecular formula is C23H28B3N9O4. The molecule has 0 bridgehead atoms. The predicted molar refractivity (Wildman–Crippen MR) is 153 cm³/mol. The van der Waals surface area contributed by atoms with Crippen molar-refractivity contribution in [2.75, 3.05) is 24.8 Å². The van der Waals surface area contributed by atoms with Crippen molar-refractivity contribution in [3.05, 3.63) is 60.4 Å². The molecule has 39 heavy (non-hydrogen) atoms. The summed E-state index contributed by atoms with van der Waals surface area (Å²) >= 11 is 0. The number of aryl methyl sites for hydroxylation is 1. The Labute approximate surface area is 227 Å². The molecule has 3 aromatic heterocycles.